The lowest BCUT2D eigenvalue weighted by Gasteiger charge is -2.26. The lowest BCUT2D eigenvalue weighted by atomic mass is 9.88. The Bertz CT molecular complexity index is 1020. The molecule has 4 rings (SSSR count). The highest BCUT2D eigenvalue weighted by Crippen LogP contribution is 2.27. The molecule has 0 spiro atoms. The SMILES string of the molecule is NC(=O)c1csc(NC(=O)c2cc3c(n(CC4CCCCC4)c2=O)CCCCCC3)n1. The number of carbonyl (C=O) groups excluding carboxylic acids is 2. The van der Waals surface area contributed by atoms with Crippen molar-refractivity contribution in [3.63, 3.8) is 0 Å². The van der Waals surface area contributed by atoms with E-state index in [1.807, 2.05) is 4.57 Å². The third-order valence-electron chi connectivity index (χ3n) is 6.49. The number of primary amides is 1. The number of anilines is 1. The smallest absolute Gasteiger partial charge is 0.268 e. The highest BCUT2D eigenvalue weighted by molar-refractivity contribution is 7.14. The third kappa shape index (κ3) is 5.06. The third-order valence-corrected chi connectivity index (χ3v) is 7.25. The minimum Gasteiger partial charge on any atom is -0.364 e. The second-order valence-electron chi connectivity index (χ2n) is 8.72. The number of aryl methyl sites for hydroxylation is 1. The largest absolute Gasteiger partial charge is 0.364 e. The van der Waals surface area contributed by atoms with Crippen LogP contribution in [0.5, 0.6) is 0 Å². The van der Waals surface area contributed by atoms with Gasteiger partial charge >= 0.3 is 0 Å². The molecule has 2 aromatic heterocycles. The number of nitrogens with two attached hydrogens (primary N) is 1. The summed E-state index contributed by atoms with van der Waals surface area (Å²) >= 11 is 1.12. The summed E-state index contributed by atoms with van der Waals surface area (Å²) in [5.74, 6) is -0.623. The van der Waals surface area contributed by atoms with Crippen LogP contribution in [0.3, 0.4) is 0 Å². The average Bonchev–Trinajstić information content (AvgIpc) is 3.20. The number of thiazole rings is 1. The number of aromatic nitrogens is 2. The van der Waals surface area contributed by atoms with Crippen LogP contribution in [0, 0.1) is 5.92 Å². The van der Waals surface area contributed by atoms with Gasteiger partial charge in [-0.1, -0.05) is 32.1 Å². The summed E-state index contributed by atoms with van der Waals surface area (Å²) in [5.41, 5.74) is 7.54. The van der Waals surface area contributed by atoms with E-state index in [1.54, 1.807) is 6.07 Å². The summed E-state index contributed by atoms with van der Waals surface area (Å²) in [6.45, 7) is 0.700. The topological polar surface area (TPSA) is 107 Å². The molecule has 7 nitrogen and oxygen atoms in total. The van der Waals surface area contributed by atoms with E-state index in [-0.39, 0.29) is 21.9 Å². The molecule has 3 N–H and O–H groups in total. The van der Waals surface area contributed by atoms with Gasteiger partial charge in [-0.05, 0) is 56.1 Å². The quantitative estimate of drug-likeness (QED) is 0.732. The first-order chi connectivity index (χ1) is 15.0. The van der Waals surface area contributed by atoms with E-state index in [4.69, 9.17) is 5.73 Å². The Morgan fingerprint density at radius 1 is 1.10 bits per heavy atom. The molecule has 2 aromatic rings. The maximum atomic E-state index is 13.5. The number of fused-ring (bicyclic) bond motifs is 1. The molecular weight excluding hydrogens is 412 g/mol. The number of hydrogen-bond donors (Lipinski definition) is 2. The summed E-state index contributed by atoms with van der Waals surface area (Å²) in [5, 5.41) is 4.45. The van der Waals surface area contributed by atoms with Gasteiger partial charge in [0.2, 0.25) is 0 Å². The molecule has 8 heteroatoms. The summed E-state index contributed by atoms with van der Waals surface area (Å²) in [6, 6.07) is 1.79. The van der Waals surface area contributed by atoms with Crippen LogP contribution in [0.1, 0.15) is 89.9 Å². The molecule has 166 valence electrons. The van der Waals surface area contributed by atoms with Crippen molar-refractivity contribution in [1.29, 1.82) is 0 Å². The molecule has 0 bridgehead atoms. The van der Waals surface area contributed by atoms with Gasteiger partial charge in [0.15, 0.2) is 5.13 Å². The van der Waals surface area contributed by atoms with Crippen molar-refractivity contribution in [2.75, 3.05) is 5.32 Å². The van der Waals surface area contributed by atoms with Crippen molar-refractivity contribution in [1.82, 2.24) is 9.55 Å². The molecule has 0 unspecified atom stereocenters. The fourth-order valence-electron chi connectivity index (χ4n) is 4.83. The summed E-state index contributed by atoms with van der Waals surface area (Å²) < 4.78 is 1.91. The molecule has 2 aliphatic carbocycles. The Kier molecular flexibility index (Phi) is 6.85. The second kappa shape index (κ2) is 9.77. The Morgan fingerprint density at radius 3 is 2.52 bits per heavy atom. The number of amides is 2. The van der Waals surface area contributed by atoms with Crippen molar-refractivity contribution in [3.05, 3.63) is 44.3 Å². The van der Waals surface area contributed by atoms with Crippen LogP contribution in [0.25, 0.3) is 0 Å². The van der Waals surface area contributed by atoms with Gasteiger partial charge in [-0.25, -0.2) is 4.98 Å². The molecule has 0 saturated heterocycles. The van der Waals surface area contributed by atoms with Crippen LogP contribution in [0.4, 0.5) is 5.13 Å². The first-order valence-corrected chi connectivity index (χ1v) is 12.2. The van der Waals surface area contributed by atoms with Gasteiger partial charge in [0.1, 0.15) is 11.3 Å². The zero-order valence-corrected chi connectivity index (χ0v) is 18.6. The number of pyridine rings is 1. The molecule has 0 aromatic carbocycles. The van der Waals surface area contributed by atoms with E-state index in [9.17, 15) is 14.4 Å². The molecule has 2 amide bonds. The normalized spacial score (nSPS) is 17.4. The maximum absolute atomic E-state index is 13.5. The van der Waals surface area contributed by atoms with Crippen LogP contribution >= 0.6 is 11.3 Å². The number of nitrogens with one attached hydrogen (secondary N) is 1. The second-order valence-corrected chi connectivity index (χ2v) is 9.58. The highest BCUT2D eigenvalue weighted by atomic mass is 32.1. The van der Waals surface area contributed by atoms with E-state index >= 15 is 0 Å². The van der Waals surface area contributed by atoms with Crippen LogP contribution in [0.15, 0.2) is 16.2 Å². The van der Waals surface area contributed by atoms with Gasteiger partial charge in [0, 0.05) is 17.6 Å². The Morgan fingerprint density at radius 2 is 1.81 bits per heavy atom. The van der Waals surface area contributed by atoms with Crippen LogP contribution in [0.2, 0.25) is 0 Å². The van der Waals surface area contributed by atoms with Crippen LogP contribution in [-0.4, -0.2) is 21.4 Å². The summed E-state index contributed by atoms with van der Waals surface area (Å²) in [6.07, 6.45) is 12.3. The minimum atomic E-state index is -0.646. The van der Waals surface area contributed by atoms with Crippen molar-refractivity contribution in [3.8, 4) is 0 Å². The van der Waals surface area contributed by atoms with E-state index in [1.165, 1.54) is 37.5 Å². The Hall–Kier alpha value is -2.48. The maximum Gasteiger partial charge on any atom is 0.268 e. The number of carbonyl (C=O) groups is 2. The Labute approximate surface area is 186 Å². The molecule has 1 saturated carbocycles. The number of nitrogens with zero attached hydrogens (tertiary/aromatic N) is 2. The van der Waals surface area contributed by atoms with Crippen molar-refractivity contribution in [2.24, 2.45) is 11.7 Å². The molecule has 0 atom stereocenters. The van der Waals surface area contributed by atoms with Gasteiger partial charge in [0.25, 0.3) is 17.4 Å². The zero-order chi connectivity index (χ0) is 21.8. The van der Waals surface area contributed by atoms with Gasteiger partial charge in [-0.3, -0.25) is 19.7 Å². The van der Waals surface area contributed by atoms with Gasteiger partial charge in [-0.2, -0.15) is 0 Å². The van der Waals surface area contributed by atoms with Crippen molar-refractivity contribution < 1.29 is 9.59 Å². The number of hydrogen-bond acceptors (Lipinski definition) is 5. The van der Waals surface area contributed by atoms with Crippen LogP contribution < -0.4 is 16.6 Å². The molecule has 2 heterocycles. The van der Waals surface area contributed by atoms with Crippen molar-refractivity contribution in [2.45, 2.75) is 77.2 Å². The van der Waals surface area contributed by atoms with Crippen LogP contribution in [-0.2, 0) is 19.4 Å². The van der Waals surface area contributed by atoms with Gasteiger partial charge < -0.3 is 10.3 Å². The molecular formula is C23H30N4O3S. The predicted octanol–water partition coefficient (Wildman–Crippen LogP) is 3.90. The predicted molar refractivity (Wildman–Crippen MR) is 122 cm³/mol. The molecule has 1 fully saturated rings. The fourth-order valence-corrected chi connectivity index (χ4v) is 5.52. The Balaban J connectivity index is 1.68. The lowest BCUT2D eigenvalue weighted by molar-refractivity contribution is 0.0992. The highest BCUT2D eigenvalue weighted by Gasteiger charge is 2.23. The fraction of sp³-hybridized carbons (Fsp3) is 0.565. The summed E-state index contributed by atoms with van der Waals surface area (Å²) in [7, 11) is 0. The van der Waals surface area contributed by atoms with E-state index in [2.05, 4.69) is 10.3 Å². The molecule has 0 aliphatic heterocycles. The summed E-state index contributed by atoms with van der Waals surface area (Å²) in [4.78, 5) is 41.8. The molecule has 31 heavy (non-hydrogen) atoms. The van der Waals surface area contributed by atoms with E-state index in [0.29, 0.717) is 12.5 Å². The average molecular weight is 443 g/mol. The minimum absolute atomic E-state index is 0.105. The zero-order valence-electron chi connectivity index (χ0n) is 17.8. The van der Waals surface area contributed by atoms with Gasteiger partial charge in [-0.15, -0.1) is 11.3 Å². The van der Waals surface area contributed by atoms with E-state index < -0.39 is 11.8 Å². The lowest BCUT2D eigenvalue weighted by Crippen LogP contribution is -2.35. The number of rotatable bonds is 5. The first kappa shape index (κ1) is 21.7. The van der Waals surface area contributed by atoms with Gasteiger partial charge in [0.05, 0.1) is 0 Å². The standard InChI is InChI=1S/C23H30N4O3S/c24-20(28)18-14-31-23(25-18)26-21(29)17-12-16-10-6-1-2-7-11-19(16)27(22(17)30)13-15-8-4-3-5-9-15/h12,14-15H,1-11,13H2,(H2,24,28)(H,25,26,29). The monoisotopic (exact) mass is 442 g/mol. The first-order valence-electron chi connectivity index (χ1n) is 11.3. The van der Waals surface area contributed by atoms with Crippen molar-refractivity contribution >= 4 is 28.3 Å². The molecule has 0 radical (unpaired) electrons. The van der Waals surface area contributed by atoms with E-state index in [0.717, 1.165) is 61.1 Å². The molecule has 2 aliphatic rings.